The quantitative estimate of drug-likeness (QED) is 0.307. The van der Waals surface area contributed by atoms with Crippen molar-refractivity contribution in [1.82, 2.24) is 15.1 Å². The molecule has 7 heteroatoms. The summed E-state index contributed by atoms with van der Waals surface area (Å²) in [6.07, 6.45) is 3.36. The van der Waals surface area contributed by atoms with E-state index in [2.05, 4.69) is 29.1 Å². The summed E-state index contributed by atoms with van der Waals surface area (Å²) in [6, 6.07) is 0. The van der Waals surface area contributed by atoms with Gasteiger partial charge in [-0.2, -0.15) is 0 Å². The van der Waals surface area contributed by atoms with Crippen molar-refractivity contribution in [3.05, 3.63) is 0 Å². The van der Waals surface area contributed by atoms with E-state index in [9.17, 15) is 4.79 Å². The Morgan fingerprint density at radius 3 is 2.27 bits per heavy atom. The van der Waals surface area contributed by atoms with Crippen LogP contribution in [0.2, 0.25) is 0 Å². The molecular weight excluding hydrogens is 395 g/mol. The minimum atomic E-state index is -0.206. The number of aliphatic imine (C=N–C) groups is 1. The van der Waals surface area contributed by atoms with Crippen molar-refractivity contribution in [3.8, 4) is 0 Å². The van der Waals surface area contributed by atoms with E-state index in [4.69, 9.17) is 4.74 Å². The standard InChI is InChI=1S/C15H30N4O2.HI/c1-4-7-8-9-17-14(16-5-2)18-10-12-19(13-11-18)15(20)21-6-3;/h4-13H2,1-3H3,(H,16,17);1H. The summed E-state index contributed by atoms with van der Waals surface area (Å²) in [5.74, 6) is 0.970. The van der Waals surface area contributed by atoms with Crippen LogP contribution in [0.4, 0.5) is 4.79 Å². The van der Waals surface area contributed by atoms with Gasteiger partial charge in [0, 0.05) is 39.3 Å². The highest BCUT2D eigenvalue weighted by atomic mass is 127. The normalized spacial score (nSPS) is 15.3. The van der Waals surface area contributed by atoms with Gasteiger partial charge in [-0.05, 0) is 20.3 Å². The first kappa shape index (κ1) is 21.3. The first-order chi connectivity index (χ1) is 10.2. The molecule has 6 nitrogen and oxygen atoms in total. The molecule has 0 aromatic heterocycles. The minimum Gasteiger partial charge on any atom is -0.450 e. The second-order valence-electron chi connectivity index (χ2n) is 5.12. The zero-order chi connectivity index (χ0) is 15.5. The lowest BCUT2D eigenvalue weighted by molar-refractivity contribution is 0.0914. The first-order valence-electron chi connectivity index (χ1n) is 8.17. The molecule has 1 saturated heterocycles. The third kappa shape index (κ3) is 7.51. The Hall–Kier alpha value is -0.730. The summed E-state index contributed by atoms with van der Waals surface area (Å²) >= 11 is 0. The zero-order valence-electron chi connectivity index (χ0n) is 14.1. The van der Waals surface area contributed by atoms with E-state index in [1.807, 2.05) is 6.92 Å². The molecule has 130 valence electrons. The smallest absolute Gasteiger partial charge is 0.409 e. The zero-order valence-corrected chi connectivity index (χ0v) is 16.5. The highest BCUT2D eigenvalue weighted by Gasteiger charge is 2.23. The minimum absolute atomic E-state index is 0. The van der Waals surface area contributed by atoms with Gasteiger partial charge in [-0.3, -0.25) is 4.99 Å². The van der Waals surface area contributed by atoms with Crippen molar-refractivity contribution < 1.29 is 9.53 Å². The number of halogens is 1. The molecule has 0 spiro atoms. The molecule has 0 atom stereocenters. The monoisotopic (exact) mass is 426 g/mol. The van der Waals surface area contributed by atoms with Crippen LogP contribution in [-0.4, -0.2) is 67.7 Å². The lowest BCUT2D eigenvalue weighted by Crippen LogP contribution is -2.53. The number of guanidine groups is 1. The number of amides is 1. The molecule has 0 aliphatic carbocycles. The number of carbonyl (C=O) groups is 1. The SMILES string of the molecule is CCCCCN=C(NCC)N1CCN(C(=O)OCC)CC1.I. The Morgan fingerprint density at radius 2 is 1.73 bits per heavy atom. The number of piperazine rings is 1. The van der Waals surface area contributed by atoms with E-state index >= 15 is 0 Å². The average molecular weight is 426 g/mol. The average Bonchev–Trinajstić information content (AvgIpc) is 2.51. The summed E-state index contributed by atoms with van der Waals surface area (Å²) in [7, 11) is 0. The number of carbonyl (C=O) groups excluding carboxylic acids is 1. The van der Waals surface area contributed by atoms with Gasteiger partial charge in [-0.25, -0.2) is 4.79 Å². The Bertz CT molecular complexity index is 332. The molecule has 22 heavy (non-hydrogen) atoms. The molecule has 0 bridgehead atoms. The highest BCUT2D eigenvalue weighted by molar-refractivity contribution is 14.0. The van der Waals surface area contributed by atoms with Crippen molar-refractivity contribution in [1.29, 1.82) is 0 Å². The number of nitrogens with zero attached hydrogens (tertiary/aromatic N) is 3. The fraction of sp³-hybridized carbons (Fsp3) is 0.867. The number of hydrogen-bond donors (Lipinski definition) is 1. The largest absolute Gasteiger partial charge is 0.450 e. The maximum atomic E-state index is 11.7. The van der Waals surface area contributed by atoms with Crippen LogP contribution in [0, 0.1) is 0 Å². The van der Waals surface area contributed by atoms with Crippen LogP contribution in [-0.2, 0) is 4.74 Å². The maximum Gasteiger partial charge on any atom is 0.409 e. The predicted octanol–water partition coefficient (Wildman–Crippen LogP) is 2.53. The third-order valence-corrected chi connectivity index (χ3v) is 3.46. The van der Waals surface area contributed by atoms with Gasteiger partial charge in [0.05, 0.1) is 6.61 Å². The van der Waals surface area contributed by atoms with Crippen LogP contribution in [0.1, 0.15) is 40.0 Å². The van der Waals surface area contributed by atoms with Gasteiger partial charge in [0.15, 0.2) is 5.96 Å². The van der Waals surface area contributed by atoms with E-state index < -0.39 is 0 Å². The van der Waals surface area contributed by atoms with Crippen LogP contribution >= 0.6 is 24.0 Å². The molecule has 0 saturated carbocycles. The van der Waals surface area contributed by atoms with Gasteiger partial charge in [0.1, 0.15) is 0 Å². The summed E-state index contributed by atoms with van der Waals surface area (Å²) in [6.45, 7) is 11.3. The van der Waals surface area contributed by atoms with Crippen molar-refractivity contribution >= 4 is 36.0 Å². The molecule has 0 unspecified atom stereocenters. The lowest BCUT2D eigenvalue weighted by atomic mass is 10.2. The van der Waals surface area contributed by atoms with Crippen LogP contribution < -0.4 is 5.32 Å². The van der Waals surface area contributed by atoms with Crippen LogP contribution in [0.3, 0.4) is 0 Å². The molecule has 1 aliphatic rings. The Labute approximate surface area is 151 Å². The van der Waals surface area contributed by atoms with Gasteiger partial charge in [0.2, 0.25) is 0 Å². The number of ether oxygens (including phenoxy) is 1. The molecule has 1 heterocycles. The number of rotatable bonds is 6. The van der Waals surface area contributed by atoms with E-state index in [0.29, 0.717) is 19.7 Å². The number of nitrogens with one attached hydrogen (secondary N) is 1. The van der Waals surface area contributed by atoms with Gasteiger partial charge in [0.25, 0.3) is 0 Å². The van der Waals surface area contributed by atoms with Crippen molar-refractivity contribution in [2.45, 2.75) is 40.0 Å². The third-order valence-electron chi connectivity index (χ3n) is 3.46. The summed E-state index contributed by atoms with van der Waals surface area (Å²) in [5.41, 5.74) is 0. The number of hydrogen-bond acceptors (Lipinski definition) is 3. The van der Waals surface area contributed by atoms with E-state index in [-0.39, 0.29) is 30.1 Å². The van der Waals surface area contributed by atoms with Crippen LogP contribution in [0.5, 0.6) is 0 Å². The summed E-state index contributed by atoms with van der Waals surface area (Å²) in [4.78, 5) is 20.4. The predicted molar refractivity (Wildman–Crippen MR) is 101 cm³/mol. The van der Waals surface area contributed by atoms with E-state index in [0.717, 1.165) is 38.6 Å². The van der Waals surface area contributed by atoms with Gasteiger partial charge < -0.3 is 19.9 Å². The number of unbranched alkanes of at least 4 members (excludes halogenated alkanes) is 2. The molecule has 1 rings (SSSR count). The topological polar surface area (TPSA) is 57.2 Å². The fourth-order valence-electron chi connectivity index (χ4n) is 2.29. The lowest BCUT2D eigenvalue weighted by Gasteiger charge is -2.35. The molecule has 0 aromatic rings. The van der Waals surface area contributed by atoms with Crippen molar-refractivity contribution in [2.75, 3.05) is 45.9 Å². The van der Waals surface area contributed by atoms with E-state index in [1.54, 1.807) is 4.90 Å². The molecule has 0 radical (unpaired) electrons. The Kier molecular flexibility index (Phi) is 12.4. The highest BCUT2D eigenvalue weighted by Crippen LogP contribution is 2.05. The molecule has 1 fully saturated rings. The second kappa shape index (κ2) is 12.8. The van der Waals surface area contributed by atoms with Crippen LogP contribution in [0.25, 0.3) is 0 Å². The molecule has 0 aromatic carbocycles. The van der Waals surface area contributed by atoms with Crippen LogP contribution in [0.15, 0.2) is 4.99 Å². The fourth-order valence-corrected chi connectivity index (χ4v) is 2.29. The molecule has 1 amide bonds. The molecule has 1 N–H and O–H groups in total. The van der Waals surface area contributed by atoms with Crippen molar-refractivity contribution in [3.63, 3.8) is 0 Å². The van der Waals surface area contributed by atoms with Crippen molar-refractivity contribution in [2.24, 2.45) is 4.99 Å². The first-order valence-corrected chi connectivity index (χ1v) is 8.17. The Morgan fingerprint density at radius 1 is 1.09 bits per heavy atom. The maximum absolute atomic E-state index is 11.7. The van der Waals surface area contributed by atoms with E-state index in [1.165, 1.54) is 12.8 Å². The summed E-state index contributed by atoms with van der Waals surface area (Å²) < 4.78 is 5.04. The molecular formula is C15H31IN4O2. The Balaban J connectivity index is 0.00000441. The molecule has 1 aliphatic heterocycles. The summed E-state index contributed by atoms with van der Waals surface area (Å²) in [5, 5.41) is 3.34. The second-order valence-corrected chi connectivity index (χ2v) is 5.12. The van der Waals surface area contributed by atoms with Gasteiger partial charge in [-0.1, -0.05) is 19.8 Å². The van der Waals surface area contributed by atoms with Gasteiger partial charge in [-0.15, -0.1) is 24.0 Å². The van der Waals surface area contributed by atoms with Gasteiger partial charge >= 0.3 is 6.09 Å².